The van der Waals surface area contributed by atoms with Gasteiger partial charge >= 0.3 is 6.36 Å². The van der Waals surface area contributed by atoms with Crippen LogP contribution in [-0.4, -0.2) is 22.4 Å². The fourth-order valence-electron chi connectivity index (χ4n) is 2.72. The van der Waals surface area contributed by atoms with E-state index in [0.717, 1.165) is 0 Å². The summed E-state index contributed by atoms with van der Waals surface area (Å²) < 4.78 is 55.5. The van der Waals surface area contributed by atoms with Gasteiger partial charge in [0.1, 0.15) is 17.4 Å². The van der Waals surface area contributed by atoms with Crippen LogP contribution in [0.4, 0.5) is 35.0 Å². The second-order valence-corrected chi connectivity index (χ2v) is 6.87. The van der Waals surface area contributed by atoms with E-state index in [1.807, 2.05) is 13.8 Å². The molecule has 0 unspecified atom stereocenters. The number of aromatic nitrogens is 2. The summed E-state index contributed by atoms with van der Waals surface area (Å²) in [7, 11) is 0. The Morgan fingerprint density at radius 2 is 1.73 bits per heavy atom. The summed E-state index contributed by atoms with van der Waals surface area (Å²) in [5.41, 5.74) is 1.71. The van der Waals surface area contributed by atoms with E-state index in [0.29, 0.717) is 28.3 Å². The average molecular weight is 420 g/mol. The molecule has 158 valence electrons. The first-order valence-electron chi connectivity index (χ1n) is 9.14. The molecule has 1 heterocycles. The van der Waals surface area contributed by atoms with Crippen LogP contribution in [-0.2, 0) is 0 Å². The van der Waals surface area contributed by atoms with Crippen LogP contribution < -0.4 is 15.4 Å². The number of alkyl halides is 3. The molecule has 0 aliphatic rings. The molecular weight excluding hydrogens is 400 g/mol. The third kappa shape index (κ3) is 5.59. The Balaban J connectivity index is 2.01. The Bertz CT molecular complexity index is 1040. The van der Waals surface area contributed by atoms with E-state index >= 15 is 0 Å². The van der Waals surface area contributed by atoms with Crippen LogP contribution in [0.5, 0.6) is 5.75 Å². The number of benzene rings is 2. The number of nitrogens with zero attached hydrogens (tertiary/aromatic N) is 2. The normalized spacial score (nSPS) is 11.5. The zero-order chi connectivity index (χ0) is 21.9. The first-order chi connectivity index (χ1) is 14.1. The summed E-state index contributed by atoms with van der Waals surface area (Å²) in [6.45, 7) is 5.43. The molecule has 0 saturated heterocycles. The molecule has 30 heavy (non-hydrogen) atoms. The third-order valence-electron chi connectivity index (χ3n) is 4.04. The van der Waals surface area contributed by atoms with Crippen molar-refractivity contribution in [3.05, 3.63) is 59.9 Å². The highest BCUT2D eigenvalue weighted by atomic mass is 19.4. The van der Waals surface area contributed by atoms with Crippen LogP contribution in [0.1, 0.15) is 19.4 Å². The number of anilines is 3. The van der Waals surface area contributed by atoms with Crippen LogP contribution in [0.25, 0.3) is 11.3 Å². The lowest BCUT2D eigenvalue weighted by Crippen LogP contribution is -2.17. The van der Waals surface area contributed by atoms with E-state index in [9.17, 15) is 17.6 Å². The lowest BCUT2D eigenvalue weighted by atomic mass is 10.1. The first-order valence-corrected chi connectivity index (χ1v) is 9.14. The van der Waals surface area contributed by atoms with Crippen molar-refractivity contribution in [2.45, 2.75) is 33.2 Å². The molecule has 9 heteroatoms. The maximum atomic E-state index is 13.9. The Morgan fingerprint density at radius 1 is 1.00 bits per heavy atom. The van der Waals surface area contributed by atoms with Gasteiger partial charge in [-0.1, -0.05) is 18.2 Å². The van der Waals surface area contributed by atoms with Crippen LogP contribution in [0.15, 0.2) is 48.5 Å². The standard InChI is InChI=1S/C21H20F4N4O/c1-12(2)26-20-28-18(14-6-4-7-15(10-14)30-21(23,24)25)11-19(29-20)27-17-9-5-8-16(22)13(17)3/h4-12H,1-3H3,(H2,26,27,28,29). The van der Waals surface area contributed by atoms with Crippen molar-refractivity contribution in [2.24, 2.45) is 0 Å². The lowest BCUT2D eigenvalue weighted by Gasteiger charge is -2.15. The second kappa shape index (κ2) is 8.56. The first kappa shape index (κ1) is 21.4. The maximum Gasteiger partial charge on any atom is 0.573 e. The molecule has 0 radical (unpaired) electrons. The Morgan fingerprint density at radius 3 is 2.43 bits per heavy atom. The highest BCUT2D eigenvalue weighted by Gasteiger charge is 2.31. The highest BCUT2D eigenvalue weighted by Crippen LogP contribution is 2.30. The minimum absolute atomic E-state index is 0.0175. The molecule has 2 aromatic carbocycles. The van der Waals surface area contributed by atoms with Crippen molar-refractivity contribution in [1.29, 1.82) is 0 Å². The monoisotopic (exact) mass is 420 g/mol. The van der Waals surface area contributed by atoms with Crippen LogP contribution in [0, 0.1) is 12.7 Å². The van der Waals surface area contributed by atoms with Gasteiger partial charge in [0, 0.05) is 28.9 Å². The molecule has 0 amide bonds. The van der Waals surface area contributed by atoms with Gasteiger partial charge in [-0.15, -0.1) is 13.2 Å². The molecule has 3 aromatic rings. The Kier molecular flexibility index (Phi) is 6.09. The Hall–Kier alpha value is -3.36. The van der Waals surface area contributed by atoms with Gasteiger partial charge in [-0.05, 0) is 45.0 Å². The van der Waals surface area contributed by atoms with Gasteiger partial charge in [0.15, 0.2) is 0 Å². The fraction of sp³-hybridized carbons (Fsp3) is 0.238. The molecule has 0 aliphatic heterocycles. The molecule has 1 aromatic heterocycles. The van der Waals surface area contributed by atoms with E-state index in [4.69, 9.17) is 0 Å². The van der Waals surface area contributed by atoms with Gasteiger partial charge < -0.3 is 15.4 Å². The predicted octanol–water partition coefficient (Wildman–Crippen LogP) is 6.05. The summed E-state index contributed by atoms with van der Waals surface area (Å²) in [6.07, 6.45) is -4.80. The molecule has 0 spiro atoms. The molecular formula is C21H20F4N4O. The largest absolute Gasteiger partial charge is 0.573 e. The van der Waals surface area contributed by atoms with Gasteiger partial charge in [-0.2, -0.15) is 4.98 Å². The lowest BCUT2D eigenvalue weighted by molar-refractivity contribution is -0.274. The van der Waals surface area contributed by atoms with Crippen LogP contribution in [0.3, 0.4) is 0 Å². The van der Waals surface area contributed by atoms with Crippen LogP contribution >= 0.6 is 0 Å². The van der Waals surface area contributed by atoms with Gasteiger partial charge in [0.2, 0.25) is 5.95 Å². The van der Waals surface area contributed by atoms with E-state index in [1.54, 1.807) is 31.2 Å². The van der Waals surface area contributed by atoms with Crippen molar-refractivity contribution in [3.8, 4) is 17.0 Å². The third-order valence-corrected chi connectivity index (χ3v) is 4.04. The summed E-state index contributed by atoms with van der Waals surface area (Å²) in [5.74, 6) is -0.0838. The summed E-state index contributed by atoms with van der Waals surface area (Å²) in [6, 6.07) is 11.7. The average Bonchev–Trinajstić information content (AvgIpc) is 2.63. The number of nitrogens with one attached hydrogen (secondary N) is 2. The smallest absolute Gasteiger partial charge is 0.406 e. The number of rotatable bonds is 6. The zero-order valence-corrected chi connectivity index (χ0v) is 16.5. The summed E-state index contributed by atoms with van der Waals surface area (Å²) >= 11 is 0. The van der Waals surface area contributed by atoms with E-state index in [-0.39, 0.29) is 23.6 Å². The predicted molar refractivity (Wildman–Crippen MR) is 107 cm³/mol. The van der Waals surface area contributed by atoms with Gasteiger partial charge in [-0.3, -0.25) is 0 Å². The SMILES string of the molecule is Cc1c(F)cccc1Nc1cc(-c2cccc(OC(F)(F)F)c2)nc(NC(C)C)n1. The Labute approximate surface area is 171 Å². The molecule has 0 aliphatic carbocycles. The van der Waals surface area contributed by atoms with E-state index < -0.39 is 6.36 Å². The molecule has 2 N–H and O–H groups in total. The molecule has 3 rings (SSSR count). The van der Waals surface area contributed by atoms with Crippen molar-refractivity contribution < 1.29 is 22.3 Å². The molecule has 0 atom stereocenters. The number of ether oxygens (including phenoxy) is 1. The van der Waals surface area contributed by atoms with Crippen molar-refractivity contribution in [1.82, 2.24) is 9.97 Å². The minimum atomic E-state index is -4.80. The molecule has 5 nitrogen and oxygen atoms in total. The maximum absolute atomic E-state index is 13.9. The fourth-order valence-corrected chi connectivity index (χ4v) is 2.72. The number of halogens is 4. The van der Waals surface area contributed by atoms with Crippen molar-refractivity contribution in [3.63, 3.8) is 0 Å². The highest BCUT2D eigenvalue weighted by molar-refractivity contribution is 5.69. The zero-order valence-electron chi connectivity index (χ0n) is 16.5. The molecule has 0 bridgehead atoms. The number of hydrogen-bond donors (Lipinski definition) is 2. The molecule has 0 saturated carbocycles. The van der Waals surface area contributed by atoms with Crippen LogP contribution in [0.2, 0.25) is 0 Å². The summed E-state index contributed by atoms with van der Waals surface area (Å²) in [5, 5.41) is 6.12. The molecule has 0 fully saturated rings. The van der Waals surface area contributed by atoms with Crippen molar-refractivity contribution in [2.75, 3.05) is 10.6 Å². The second-order valence-electron chi connectivity index (χ2n) is 6.87. The quantitative estimate of drug-likeness (QED) is 0.475. The van der Waals surface area contributed by atoms with E-state index in [2.05, 4.69) is 25.3 Å². The van der Waals surface area contributed by atoms with E-state index in [1.165, 1.54) is 24.3 Å². The number of hydrogen-bond acceptors (Lipinski definition) is 5. The van der Waals surface area contributed by atoms with Gasteiger partial charge in [0.25, 0.3) is 0 Å². The topological polar surface area (TPSA) is 59.1 Å². The minimum Gasteiger partial charge on any atom is -0.406 e. The summed E-state index contributed by atoms with van der Waals surface area (Å²) in [4.78, 5) is 8.77. The van der Waals surface area contributed by atoms with Gasteiger partial charge in [-0.25, -0.2) is 9.37 Å². The van der Waals surface area contributed by atoms with Crippen molar-refractivity contribution >= 4 is 17.5 Å². The van der Waals surface area contributed by atoms with Gasteiger partial charge in [0.05, 0.1) is 5.69 Å².